The molecule has 0 bridgehead atoms. The van der Waals surface area contributed by atoms with E-state index < -0.39 is 10.0 Å². The summed E-state index contributed by atoms with van der Waals surface area (Å²) >= 11 is 0. The van der Waals surface area contributed by atoms with Gasteiger partial charge in [0.25, 0.3) is 0 Å². The van der Waals surface area contributed by atoms with Gasteiger partial charge in [-0.15, -0.1) is 0 Å². The second kappa shape index (κ2) is 10.0. The van der Waals surface area contributed by atoms with Crippen LogP contribution < -0.4 is 0 Å². The maximum absolute atomic E-state index is 12.9. The monoisotopic (exact) mass is 454 g/mol. The number of piperidine rings is 1. The fourth-order valence-corrected chi connectivity index (χ4v) is 5.17. The molecule has 0 N–H and O–H groups in total. The Morgan fingerprint density at radius 2 is 1.62 bits per heavy atom. The Morgan fingerprint density at radius 1 is 1.03 bits per heavy atom. The predicted octanol–water partition coefficient (Wildman–Crippen LogP) is 4.66. The third-order valence-electron chi connectivity index (χ3n) is 6.01. The van der Waals surface area contributed by atoms with Crippen LogP contribution in [0.1, 0.15) is 50.3 Å². The normalized spacial score (nSPS) is 16.4. The van der Waals surface area contributed by atoms with Crippen LogP contribution in [0, 0.1) is 5.92 Å². The van der Waals surface area contributed by atoms with Crippen molar-refractivity contribution in [2.75, 3.05) is 20.1 Å². The van der Waals surface area contributed by atoms with Gasteiger partial charge < -0.3 is 4.90 Å². The molecule has 1 heterocycles. The molecule has 0 unspecified atom stereocenters. The van der Waals surface area contributed by atoms with Crippen LogP contribution in [-0.4, -0.2) is 43.7 Å². The number of hydrogen-bond donors (Lipinski definition) is 0. The summed E-state index contributed by atoms with van der Waals surface area (Å²) in [6.07, 6.45) is 2.71. The van der Waals surface area contributed by atoms with Crippen molar-refractivity contribution in [1.29, 1.82) is 0 Å². The lowest BCUT2D eigenvalue weighted by Gasteiger charge is -2.32. The third-order valence-corrected chi connectivity index (χ3v) is 7.58. The molecule has 1 saturated heterocycles. The number of benzene rings is 2. The topological polar surface area (TPSA) is 57.7 Å². The van der Waals surface area contributed by atoms with E-state index in [1.54, 1.807) is 11.0 Å². The fraction of sp³-hybridized carbons (Fsp3) is 0.423. The molecule has 0 atom stereocenters. The molecule has 0 aromatic heterocycles. The summed E-state index contributed by atoms with van der Waals surface area (Å²) in [6, 6.07) is 17.8. The number of hydrogen-bond acceptors (Lipinski definition) is 3. The van der Waals surface area contributed by atoms with Gasteiger partial charge in [0.1, 0.15) is 0 Å². The number of sulfonamides is 1. The summed E-state index contributed by atoms with van der Waals surface area (Å²) in [7, 11) is -1.66. The van der Waals surface area contributed by atoms with Gasteiger partial charge in [-0.05, 0) is 41.0 Å². The number of rotatable bonds is 6. The molecule has 172 valence electrons. The zero-order valence-corrected chi connectivity index (χ0v) is 20.3. The van der Waals surface area contributed by atoms with E-state index in [0.717, 1.165) is 11.1 Å². The van der Waals surface area contributed by atoms with Gasteiger partial charge in [0, 0.05) is 38.0 Å². The van der Waals surface area contributed by atoms with Crippen molar-refractivity contribution in [2.45, 2.75) is 45.6 Å². The highest BCUT2D eigenvalue weighted by Crippen LogP contribution is 2.25. The largest absolute Gasteiger partial charge is 0.341 e. The van der Waals surface area contributed by atoms with E-state index in [9.17, 15) is 13.2 Å². The molecule has 1 amide bonds. The zero-order chi connectivity index (χ0) is 23.4. The average Bonchev–Trinajstić information content (AvgIpc) is 2.78. The quantitative estimate of drug-likeness (QED) is 0.638. The van der Waals surface area contributed by atoms with Crippen molar-refractivity contribution < 1.29 is 13.2 Å². The average molecular weight is 455 g/mol. The van der Waals surface area contributed by atoms with Crippen molar-refractivity contribution in [2.24, 2.45) is 5.92 Å². The second-order valence-corrected chi connectivity index (χ2v) is 11.4. The van der Waals surface area contributed by atoms with Crippen molar-refractivity contribution >= 4 is 22.0 Å². The maximum Gasteiger partial charge on any atom is 0.236 e. The van der Waals surface area contributed by atoms with E-state index in [1.165, 1.54) is 15.3 Å². The molecule has 0 spiro atoms. The minimum Gasteiger partial charge on any atom is -0.341 e. The number of amides is 1. The molecule has 5 nitrogen and oxygen atoms in total. The first-order chi connectivity index (χ1) is 15.1. The molecule has 2 aromatic rings. The molecule has 0 radical (unpaired) electrons. The summed E-state index contributed by atoms with van der Waals surface area (Å²) in [4.78, 5) is 14.7. The highest BCUT2D eigenvalue weighted by molar-refractivity contribution is 7.92. The summed E-state index contributed by atoms with van der Waals surface area (Å²) in [5.74, 6) is -0.0554. The molecular formula is C26H34N2O3S. The van der Waals surface area contributed by atoms with E-state index in [4.69, 9.17) is 0 Å². The van der Waals surface area contributed by atoms with E-state index in [2.05, 4.69) is 45.0 Å². The number of carbonyl (C=O) groups is 1. The van der Waals surface area contributed by atoms with Gasteiger partial charge in [0.15, 0.2) is 0 Å². The highest BCUT2D eigenvalue weighted by atomic mass is 32.2. The summed E-state index contributed by atoms with van der Waals surface area (Å²) in [6.45, 7) is 7.84. The molecule has 1 fully saturated rings. The summed E-state index contributed by atoms with van der Waals surface area (Å²) < 4.78 is 26.8. The van der Waals surface area contributed by atoms with Gasteiger partial charge in [-0.2, -0.15) is 4.31 Å². The van der Waals surface area contributed by atoms with E-state index in [-0.39, 0.29) is 17.2 Å². The SMILES string of the molecule is CN(Cc1ccc(C(C)(C)C)cc1)C(=O)C1CCN(S(=O)(=O)/C=C/c2ccccc2)CC1. The molecule has 0 aliphatic carbocycles. The smallest absolute Gasteiger partial charge is 0.236 e. The highest BCUT2D eigenvalue weighted by Gasteiger charge is 2.31. The van der Waals surface area contributed by atoms with Crippen LogP contribution >= 0.6 is 0 Å². The molecular weight excluding hydrogens is 420 g/mol. The van der Waals surface area contributed by atoms with Gasteiger partial charge in [0.2, 0.25) is 15.9 Å². The minimum absolute atomic E-state index is 0.0850. The van der Waals surface area contributed by atoms with E-state index in [0.29, 0.717) is 32.5 Å². The Balaban J connectivity index is 1.54. The predicted molar refractivity (Wildman–Crippen MR) is 130 cm³/mol. The lowest BCUT2D eigenvalue weighted by Crippen LogP contribution is -2.42. The first kappa shape index (κ1) is 24.2. The Hall–Kier alpha value is -2.44. The van der Waals surface area contributed by atoms with Crippen molar-refractivity contribution in [1.82, 2.24) is 9.21 Å². The molecule has 6 heteroatoms. The first-order valence-electron chi connectivity index (χ1n) is 11.1. The lowest BCUT2D eigenvalue weighted by molar-refractivity contribution is -0.135. The molecule has 1 aliphatic rings. The Bertz CT molecular complexity index is 1030. The van der Waals surface area contributed by atoms with Gasteiger partial charge >= 0.3 is 0 Å². The number of carbonyl (C=O) groups excluding carboxylic acids is 1. The Kier molecular flexibility index (Phi) is 7.57. The molecule has 2 aromatic carbocycles. The third kappa shape index (κ3) is 6.30. The van der Waals surface area contributed by atoms with E-state index in [1.807, 2.05) is 37.4 Å². The van der Waals surface area contributed by atoms with Crippen molar-refractivity contribution in [3.05, 3.63) is 76.7 Å². The minimum atomic E-state index is -3.49. The van der Waals surface area contributed by atoms with E-state index >= 15 is 0 Å². The molecule has 0 saturated carbocycles. The summed E-state index contributed by atoms with van der Waals surface area (Å²) in [5, 5.41) is 1.26. The molecule has 3 rings (SSSR count). The van der Waals surface area contributed by atoms with Crippen LogP contribution in [0.15, 0.2) is 60.0 Å². The fourth-order valence-electron chi connectivity index (χ4n) is 3.95. The second-order valence-electron chi connectivity index (χ2n) is 9.57. The Labute approximate surface area is 192 Å². The van der Waals surface area contributed by atoms with Crippen molar-refractivity contribution in [3.63, 3.8) is 0 Å². The standard InChI is InChI=1S/C26H34N2O3S/c1-26(2,3)24-12-10-22(11-13-24)20-27(4)25(29)23-14-17-28(18-15-23)32(30,31)19-16-21-8-6-5-7-9-21/h5-13,16,19,23H,14-15,17-18,20H2,1-4H3/b19-16+. The van der Waals surface area contributed by atoms with Gasteiger partial charge in [-0.3, -0.25) is 4.79 Å². The summed E-state index contributed by atoms with van der Waals surface area (Å²) in [5.41, 5.74) is 3.31. The van der Waals surface area contributed by atoms with Crippen LogP contribution in [-0.2, 0) is 26.8 Å². The van der Waals surface area contributed by atoms with Crippen LogP contribution in [0.2, 0.25) is 0 Å². The van der Waals surface area contributed by atoms with Crippen LogP contribution in [0.3, 0.4) is 0 Å². The maximum atomic E-state index is 12.9. The molecule has 32 heavy (non-hydrogen) atoms. The van der Waals surface area contributed by atoms with Gasteiger partial charge in [-0.25, -0.2) is 8.42 Å². The Morgan fingerprint density at radius 3 is 2.19 bits per heavy atom. The molecule has 1 aliphatic heterocycles. The van der Waals surface area contributed by atoms with Crippen LogP contribution in [0.4, 0.5) is 0 Å². The van der Waals surface area contributed by atoms with Crippen LogP contribution in [0.25, 0.3) is 6.08 Å². The van der Waals surface area contributed by atoms with Gasteiger partial charge in [-0.1, -0.05) is 75.4 Å². The zero-order valence-electron chi connectivity index (χ0n) is 19.5. The van der Waals surface area contributed by atoms with Crippen molar-refractivity contribution in [3.8, 4) is 0 Å². The van der Waals surface area contributed by atoms with Gasteiger partial charge in [0.05, 0.1) is 0 Å². The lowest BCUT2D eigenvalue weighted by atomic mass is 9.86. The number of nitrogens with zero attached hydrogens (tertiary/aromatic N) is 2. The first-order valence-corrected chi connectivity index (χ1v) is 12.6. The van der Waals surface area contributed by atoms with Crippen LogP contribution in [0.5, 0.6) is 0 Å².